The second-order valence-corrected chi connectivity index (χ2v) is 16.5. The Morgan fingerprint density at radius 2 is 1.11 bits per heavy atom. The lowest BCUT2D eigenvalue weighted by Crippen LogP contribution is -2.10. The van der Waals surface area contributed by atoms with Gasteiger partial charge in [0, 0.05) is 36.6 Å². The van der Waals surface area contributed by atoms with Crippen LogP contribution in [0, 0.1) is 0 Å². The lowest BCUT2D eigenvalue weighted by atomic mass is 9.86. The van der Waals surface area contributed by atoms with Crippen molar-refractivity contribution in [1.82, 2.24) is 14.5 Å². The van der Waals surface area contributed by atoms with Gasteiger partial charge >= 0.3 is 0 Å². The fourth-order valence-corrected chi connectivity index (χ4v) is 8.72. The van der Waals surface area contributed by atoms with Crippen LogP contribution in [0.3, 0.4) is 0 Å². The standard InChI is InChI=1S/C61H51N3O/c1-40(2)52-38-54(44-22-13-8-14-23-44)57(39-53(52)43-20-11-7-12-21-43)64-56-26-17-25-50(59(56)63-60(64)51-24-15-16-27-58(51)65)47-34-46(41-18-9-6-10-19-41)35-48(36-47)55-37-45(32-33-62-55)42-28-30-49(31-29-42)61(3,4)5/h6-40,65H,1-5H3/i3D3,4D3,5D3,40D. The summed E-state index contributed by atoms with van der Waals surface area (Å²) in [6, 6.07) is 63.2. The van der Waals surface area contributed by atoms with E-state index in [1.54, 1.807) is 36.5 Å². The normalized spacial score (nSPS) is 14.7. The molecule has 0 radical (unpaired) electrons. The van der Waals surface area contributed by atoms with Crippen molar-refractivity contribution in [2.75, 3.05) is 0 Å². The van der Waals surface area contributed by atoms with Gasteiger partial charge in [0.2, 0.25) is 0 Å². The van der Waals surface area contributed by atoms with Crippen LogP contribution in [0.5, 0.6) is 5.75 Å². The second-order valence-electron chi connectivity index (χ2n) is 16.5. The molecule has 0 unspecified atom stereocenters. The van der Waals surface area contributed by atoms with Crippen LogP contribution in [-0.2, 0) is 5.41 Å². The van der Waals surface area contributed by atoms with Gasteiger partial charge in [0.1, 0.15) is 11.6 Å². The number of nitrogens with zero attached hydrogens (tertiary/aromatic N) is 3. The number of para-hydroxylation sites is 2. The molecular formula is C61H51N3O. The summed E-state index contributed by atoms with van der Waals surface area (Å²) in [5.74, 6) is -0.405. The van der Waals surface area contributed by atoms with Gasteiger partial charge in [-0.1, -0.05) is 174 Å². The molecule has 0 saturated heterocycles. The van der Waals surface area contributed by atoms with Crippen molar-refractivity contribution >= 4 is 11.0 Å². The molecule has 0 spiro atoms. The number of hydrogen-bond donors (Lipinski definition) is 1. The zero-order valence-corrected chi connectivity index (χ0v) is 35.9. The van der Waals surface area contributed by atoms with Gasteiger partial charge in [-0.2, -0.15) is 0 Å². The van der Waals surface area contributed by atoms with Crippen LogP contribution in [0.15, 0.2) is 206 Å². The Bertz CT molecular complexity index is 3680. The van der Waals surface area contributed by atoms with Crippen molar-refractivity contribution in [3.05, 3.63) is 218 Å². The summed E-state index contributed by atoms with van der Waals surface area (Å²) in [4.78, 5) is 10.3. The third-order valence-electron chi connectivity index (χ3n) is 12.0. The van der Waals surface area contributed by atoms with Gasteiger partial charge < -0.3 is 5.11 Å². The number of benzene rings is 8. The van der Waals surface area contributed by atoms with Gasteiger partial charge in [0.05, 0.1) is 28.0 Å². The molecule has 0 aliphatic rings. The first kappa shape index (κ1) is 31.1. The summed E-state index contributed by atoms with van der Waals surface area (Å²) in [6.07, 6.45) is 1.66. The third-order valence-corrected chi connectivity index (χ3v) is 12.0. The Hall–Kier alpha value is -7.82. The number of rotatable bonds is 9. The number of aromatic hydroxyl groups is 1. The van der Waals surface area contributed by atoms with Crippen LogP contribution >= 0.6 is 0 Å². The zero-order valence-electron chi connectivity index (χ0n) is 45.9. The molecule has 0 bridgehead atoms. The molecule has 0 atom stereocenters. The maximum Gasteiger partial charge on any atom is 0.149 e. The van der Waals surface area contributed by atoms with Crippen LogP contribution in [0.25, 0.3) is 95.0 Å². The molecule has 0 aliphatic carbocycles. The Labute approximate surface area is 396 Å². The summed E-state index contributed by atoms with van der Waals surface area (Å²) in [5, 5.41) is 11.6. The van der Waals surface area contributed by atoms with Crippen molar-refractivity contribution in [1.29, 1.82) is 0 Å². The van der Waals surface area contributed by atoms with Gasteiger partial charge in [0.15, 0.2) is 0 Å². The minimum Gasteiger partial charge on any atom is -0.507 e. The van der Waals surface area contributed by atoms with Gasteiger partial charge in [-0.05, 0) is 128 Å². The van der Waals surface area contributed by atoms with Crippen molar-refractivity contribution in [2.45, 2.75) is 45.7 Å². The van der Waals surface area contributed by atoms with E-state index in [1.807, 2.05) is 117 Å². The Kier molecular flexibility index (Phi) is 8.15. The quantitative estimate of drug-likeness (QED) is 0.157. The molecule has 0 fully saturated rings. The van der Waals surface area contributed by atoms with E-state index in [2.05, 4.69) is 59.2 Å². The van der Waals surface area contributed by atoms with E-state index < -0.39 is 31.9 Å². The van der Waals surface area contributed by atoms with Crippen LogP contribution in [-0.4, -0.2) is 19.6 Å². The molecule has 0 saturated carbocycles. The van der Waals surface area contributed by atoms with E-state index in [-0.39, 0.29) is 11.3 Å². The Balaban J connectivity index is 1.19. The molecule has 65 heavy (non-hydrogen) atoms. The smallest absolute Gasteiger partial charge is 0.149 e. The molecule has 1 N–H and O–H groups in total. The van der Waals surface area contributed by atoms with Gasteiger partial charge in [0.25, 0.3) is 0 Å². The summed E-state index contributed by atoms with van der Waals surface area (Å²) in [5.41, 5.74) is 9.99. The lowest BCUT2D eigenvalue weighted by Gasteiger charge is -2.22. The summed E-state index contributed by atoms with van der Waals surface area (Å²) in [7, 11) is 0. The highest BCUT2D eigenvalue weighted by molar-refractivity contribution is 5.99. The first-order valence-electron chi connectivity index (χ1n) is 26.5. The number of pyridine rings is 1. The molecule has 4 heteroatoms. The molecule has 4 nitrogen and oxygen atoms in total. The number of imidazole rings is 1. The third kappa shape index (κ3) is 8.04. The van der Waals surface area contributed by atoms with Gasteiger partial charge in [-0.25, -0.2) is 4.98 Å². The molecule has 316 valence electrons. The molecule has 8 aromatic carbocycles. The van der Waals surface area contributed by atoms with Crippen LogP contribution in [0.2, 0.25) is 0 Å². The molecule has 0 aliphatic heterocycles. The monoisotopic (exact) mass is 851 g/mol. The minimum absolute atomic E-state index is 0.0594. The Morgan fingerprint density at radius 3 is 1.78 bits per heavy atom. The fourth-order valence-electron chi connectivity index (χ4n) is 8.72. The number of aromatic nitrogens is 3. The van der Waals surface area contributed by atoms with Crippen molar-refractivity contribution in [3.8, 4) is 89.7 Å². The first-order valence-corrected chi connectivity index (χ1v) is 21.5. The van der Waals surface area contributed by atoms with E-state index >= 15 is 0 Å². The van der Waals surface area contributed by atoms with Crippen LogP contribution < -0.4 is 0 Å². The zero-order chi connectivity index (χ0) is 53.1. The predicted molar refractivity (Wildman–Crippen MR) is 271 cm³/mol. The predicted octanol–water partition coefficient (Wildman–Crippen LogP) is 16.2. The number of hydrogen-bond acceptors (Lipinski definition) is 3. The fraction of sp³-hybridized carbons (Fsp3) is 0.115. The number of fused-ring (bicyclic) bond motifs is 1. The molecule has 0 amide bonds. The maximum atomic E-state index is 11.6. The summed E-state index contributed by atoms with van der Waals surface area (Å²) >= 11 is 0. The molecule has 10 aromatic rings. The van der Waals surface area contributed by atoms with E-state index in [9.17, 15) is 6.48 Å². The molecular weight excluding hydrogens is 791 g/mol. The van der Waals surface area contributed by atoms with Crippen molar-refractivity contribution in [2.24, 2.45) is 0 Å². The average molecular weight is 852 g/mol. The average Bonchev–Trinajstić information content (AvgIpc) is 3.84. The highest BCUT2D eigenvalue weighted by Gasteiger charge is 2.25. The maximum absolute atomic E-state index is 11.6. The first-order chi connectivity index (χ1) is 35.7. The summed E-state index contributed by atoms with van der Waals surface area (Å²) < 4.78 is 85.5. The number of phenols is 1. The van der Waals surface area contributed by atoms with Crippen LogP contribution in [0.1, 0.15) is 65.1 Å². The van der Waals surface area contributed by atoms with Crippen molar-refractivity contribution < 1.29 is 18.8 Å². The lowest BCUT2D eigenvalue weighted by molar-refractivity contribution is 0.477. The highest BCUT2D eigenvalue weighted by atomic mass is 16.3. The topological polar surface area (TPSA) is 50.9 Å². The van der Waals surface area contributed by atoms with Crippen molar-refractivity contribution in [3.63, 3.8) is 0 Å². The van der Waals surface area contributed by atoms with Gasteiger partial charge in [-0.15, -0.1) is 0 Å². The molecule has 2 aromatic heterocycles. The van der Waals surface area contributed by atoms with E-state index in [0.29, 0.717) is 33.7 Å². The van der Waals surface area contributed by atoms with E-state index in [4.69, 9.17) is 22.3 Å². The minimum atomic E-state index is -3.38. The largest absolute Gasteiger partial charge is 0.507 e. The van der Waals surface area contributed by atoms with E-state index in [0.717, 1.165) is 66.8 Å². The molecule has 2 heterocycles. The highest BCUT2D eigenvalue weighted by Crippen LogP contribution is 2.44. The second kappa shape index (κ2) is 17.0. The molecule has 10 rings (SSSR count). The van der Waals surface area contributed by atoms with Gasteiger partial charge in [-0.3, -0.25) is 9.55 Å². The van der Waals surface area contributed by atoms with E-state index in [1.165, 1.54) is 12.1 Å². The van der Waals surface area contributed by atoms with Crippen LogP contribution in [0.4, 0.5) is 0 Å². The Morgan fingerprint density at radius 1 is 0.508 bits per heavy atom. The summed E-state index contributed by atoms with van der Waals surface area (Å²) in [6.45, 7) is -6.35. The number of phenolic OH excluding ortho intramolecular Hbond substituents is 1. The SMILES string of the molecule is [2H]C(C)(C)c1cc(-c2ccccc2)c(-n2c(-c3ccccc3O)nc3c(-c4cc(-c5ccccc5)cc(-c5cc(-c6ccc(C(C([2H])([2H])[2H])(C([2H])([2H])[2H])C([2H])([2H])[2H])cc6)ccn5)c4)cccc32)cc1-c1ccccc1.